The molecule has 1 aliphatic rings. The molecular weight excluding hydrogens is 244 g/mol. The molecule has 7 heteroatoms. The molecule has 102 valence electrons. The first-order valence-corrected chi connectivity index (χ1v) is 6.58. The van der Waals surface area contributed by atoms with Crippen LogP contribution >= 0.6 is 0 Å². The number of hydrogen-bond acceptors (Lipinski definition) is 5. The van der Waals surface area contributed by atoms with Crippen molar-refractivity contribution in [2.75, 3.05) is 18.5 Å². The zero-order valence-electron chi connectivity index (χ0n) is 10.9. The second kappa shape index (κ2) is 4.65. The van der Waals surface area contributed by atoms with Gasteiger partial charge in [0, 0.05) is 13.1 Å². The monoisotopic (exact) mass is 262 g/mol. The van der Waals surface area contributed by atoms with Gasteiger partial charge < -0.3 is 10.6 Å². The number of H-pyrrole nitrogens is 1. The summed E-state index contributed by atoms with van der Waals surface area (Å²) in [5.41, 5.74) is 6.04. The topological polar surface area (TPSA) is 92.3 Å². The Morgan fingerprint density at radius 3 is 3.16 bits per heavy atom. The van der Waals surface area contributed by atoms with Gasteiger partial charge in [-0.05, 0) is 37.4 Å². The highest BCUT2D eigenvalue weighted by atomic mass is 16.2. The van der Waals surface area contributed by atoms with Crippen LogP contribution in [0, 0.1) is 5.92 Å². The molecule has 2 aromatic heterocycles. The van der Waals surface area contributed by atoms with Gasteiger partial charge in [-0.1, -0.05) is 6.42 Å². The lowest BCUT2D eigenvalue weighted by Crippen LogP contribution is -2.38. The minimum Gasteiger partial charge on any atom is -0.355 e. The van der Waals surface area contributed by atoms with Gasteiger partial charge >= 0.3 is 5.69 Å². The van der Waals surface area contributed by atoms with Crippen LogP contribution in [-0.4, -0.2) is 39.4 Å². The quantitative estimate of drug-likeness (QED) is 0.811. The molecule has 0 radical (unpaired) electrons. The van der Waals surface area contributed by atoms with E-state index in [2.05, 4.69) is 20.2 Å². The van der Waals surface area contributed by atoms with E-state index in [9.17, 15) is 4.79 Å². The van der Waals surface area contributed by atoms with Gasteiger partial charge in [-0.2, -0.15) is 9.61 Å². The fourth-order valence-electron chi connectivity index (χ4n) is 2.95. The zero-order chi connectivity index (χ0) is 13.4. The van der Waals surface area contributed by atoms with E-state index in [4.69, 9.17) is 5.73 Å². The van der Waals surface area contributed by atoms with Gasteiger partial charge in [0.05, 0.1) is 0 Å². The maximum atomic E-state index is 11.5. The highest BCUT2D eigenvalue weighted by Crippen LogP contribution is 2.30. The summed E-state index contributed by atoms with van der Waals surface area (Å²) in [6, 6.07) is 4.09. The number of nitrogens with one attached hydrogen (secondary N) is 1. The standard InChI is InChI=1S/C12H18N6O/c1-17(9-4-2-3-8(9)7-13)11-6-5-10-14-15-12(19)18(10)16-11/h5-6,8-9H,2-4,7,13H2,1H3,(H,15,19). The highest BCUT2D eigenvalue weighted by Gasteiger charge is 2.30. The van der Waals surface area contributed by atoms with Crippen molar-refractivity contribution in [3.05, 3.63) is 22.6 Å². The lowest BCUT2D eigenvalue weighted by atomic mass is 10.0. The van der Waals surface area contributed by atoms with Crippen LogP contribution in [0.5, 0.6) is 0 Å². The number of fused-ring (bicyclic) bond motifs is 1. The van der Waals surface area contributed by atoms with Gasteiger partial charge in [-0.15, -0.1) is 5.10 Å². The fraction of sp³-hybridized carbons (Fsp3) is 0.583. The SMILES string of the molecule is CN(c1ccc2n[nH]c(=O)n2n1)C1CCCC1CN. The van der Waals surface area contributed by atoms with Gasteiger partial charge in [0.2, 0.25) is 0 Å². The Labute approximate surface area is 110 Å². The third-order valence-electron chi connectivity index (χ3n) is 4.04. The summed E-state index contributed by atoms with van der Waals surface area (Å²) in [4.78, 5) is 13.7. The Kier molecular flexibility index (Phi) is 2.98. The normalized spacial score (nSPS) is 23.1. The molecular formula is C12H18N6O. The molecule has 0 bridgehead atoms. The third kappa shape index (κ3) is 1.99. The van der Waals surface area contributed by atoms with Crippen molar-refractivity contribution in [1.82, 2.24) is 19.8 Å². The van der Waals surface area contributed by atoms with E-state index in [0.29, 0.717) is 24.2 Å². The second-order valence-electron chi connectivity index (χ2n) is 5.10. The van der Waals surface area contributed by atoms with Crippen LogP contribution in [0.15, 0.2) is 16.9 Å². The Balaban J connectivity index is 1.94. The fourth-order valence-corrected chi connectivity index (χ4v) is 2.95. The summed E-state index contributed by atoms with van der Waals surface area (Å²) < 4.78 is 1.29. The summed E-state index contributed by atoms with van der Waals surface area (Å²) in [6.45, 7) is 0.697. The average molecular weight is 262 g/mol. The Morgan fingerprint density at radius 2 is 2.37 bits per heavy atom. The van der Waals surface area contributed by atoms with Crippen molar-refractivity contribution >= 4 is 11.5 Å². The molecule has 1 aliphatic carbocycles. The van der Waals surface area contributed by atoms with Crippen molar-refractivity contribution in [2.24, 2.45) is 11.7 Å². The summed E-state index contributed by atoms with van der Waals surface area (Å²) in [6.07, 6.45) is 3.49. The average Bonchev–Trinajstić information content (AvgIpc) is 3.04. The molecule has 0 saturated heterocycles. The first-order chi connectivity index (χ1) is 9.20. The Bertz CT molecular complexity index is 632. The minimum absolute atomic E-state index is 0.313. The van der Waals surface area contributed by atoms with E-state index in [1.54, 1.807) is 6.07 Å². The molecule has 2 atom stereocenters. The highest BCUT2D eigenvalue weighted by molar-refractivity contribution is 5.45. The molecule has 1 saturated carbocycles. The molecule has 0 amide bonds. The van der Waals surface area contributed by atoms with Crippen molar-refractivity contribution in [3.63, 3.8) is 0 Å². The van der Waals surface area contributed by atoms with E-state index in [1.807, 2.05) is 13.1 Å². The summed E-state index contributed by atoms with van der Waals surface area (Å²) in [5.74, 6) is 1.28. The van der Waals surface area contributed by atoms with Crippen LogP contribution in [0.3, 0.4) is 0 Å². The number of aromatic nitrogens is 4. The number of hydrogen-bond donors (Lipinski definition) is 2. The molecule has 1 fully saturated rings. The van der Waals surface area contributed by atoms with Gasteiger partial charge in [0.1, 0.15) is 5.82 Å². The molecule has 2 heterocycles. The molecule has 0 spiro atoms. The number of nitrogens with zero attached hydrogens (tertiary/aromatic N) is 4. The molecule has 2 unspecified atom stereocenters. The largest absolute Gasteiger partial charge is 0.364 e. The number of nitrogens with two attached hydrogens (primary N) is 1. The smallest absolute Gasteiger partial charge is 0.355 e. The third-order valence-corrected chi connectivity index (χ3v) is 4.04. The molecule has 7 nitrogen and oxygen atoms in total. The van der Waals surface area contributed by atoms with E-state index in [0.717, 1.165) is 12.2 Å². The first-order valence-electron chi connectivity index (χ1n) is 6.58. The lowest BCUT2D eigenvalue weighted by molar-refractivity contribution is 0.471. The van der Waals surface area contributed by atoms with Crippen LogP contribution < -0.4 is 16.3 Å². The van der Waals surface area contributed by atoms with Crippen LogP contribution in [0.1, 0.15) is 19.3 Å². The van der Waals surface area contributed by atoms with Gasteiger partial charge in [0.15, 0.2) is 5.65 Å². The molecule has 2 aromatic rings. The molecule has 3 N–H and O–H groups in total. The van der Waals surface area contributed by atoms with Gasteiger partial charge in [0.25, 0.3) is 0 Å². The number of aromatic amines is 1. The Hall–Kier alpha value is -1.89. The maximum absolute atomic E-state index is 11.5. The lowest BCUT2D eigenvalue weighted by Gasteiger charge is -2.29. The van der Waals surface area contributed by atoms with Crippen LogP contribution in [0.25, 0.3) is 5.65 Å². The van der Waals surface area contributed by atoms with E-state index < -0.39 is 0 Å². The van der Waals surface area contributed by atoms with Gasteiger partial charge in [-0.3, -0.25) is 0 Å². The predicted molar refractivity (Wildman–Crippen MR) is 72.2 cm³/mol. The summed E-state index contributed by atoms with van der Waals surface area (Å²) >= 11 is 0. The summed E-state index contributed by atoms with van der Waals surface area (Å²) in [5, 5.41) is 10.6. The first kappa shape index (κ1) is 12.2. The maximum Gasteiger partial charge on any atom is 0.364 e. The zero-order valence-corrected chi connectivity index (χ0v) is 10.9. The molecule has 3 rings (SSSR count). The van der Waals surface area contributed by atoms with E-state index in [-0.39, 0.29) is 5.69 Å². The molecule has 0 aliphatic heterocycles. The molecule has 0 aromatic carbocycles. The van der Waals surface area contributed by atoms with Crippen LogP contribution in [0.4, 0.5) is 5.82 Å². The predicted octanol–water partition coefficient (Wildman–Crippen LogP) is -0.0188. The van der Waals surface area contributed by atoms with Crippen LogP contribution in [-0.2, 0) is 0 Å². The molecule has 19 heavy (non-hydrogen) atoms. The minimum atomic E-state index is -0.313. The second-order valence-corrected chi connectivity index (χ2v) is 5.10. The number of rotatable bonds is 3. The van der Waals surface area contributed by atoms with Crippen molar-refractivity contribution in [3.8, 4) is 0 Å². The van der Waals surface area contributed by atoms with Crippen molar-refractivity contribution in [1.29, 1.82) is 0 Å². The van der Waals surface area contributed by atoms with Gasteiger partial charge in [-0.25, -0.2) is 9.89 Å². The van der Waals surface area contributed by atoms with E-state index in [1.165, 1.54) is 17.4 Å². The van der Waals surface area contributed by atoms with Crippen LogP contribution in [0.2, 0.25) is 0 Å². The number of anilines is 1. The Morgan fingerprint density at radius 1 is 1.53 bits per heavy atom. The van der Waals surface area contributed by atoms with Crippen molar-refractivity contribution in [2.45, 2.75) is 25.3 Å². The summed E-state index contributed by atoms with van der Waals surface area (Å²) in [7, 11) is 2.01. The van der Waals surface area contributed by atoms with Crippen molar-refractivity contribution < 1.29 is 0 Å². The van der Waals surface area contributed by atoms with E-state index >= 15 is 0 Å².